The maximum Gasteiger partial charge on any atom is 0.335 e. The Morgan fingerprint density at radius 3 is 2.59 bits per heavy atom. The molecule has 2 amide bonds. The minimum atomic E-state index is -1.08. The maximum atomic E-state index is 15.0. The highest BCUT2D eigenvalue weighted by Crippen LogP contribution is 2.32. The number of phenols is 1. The first-order valence-corrected chi connectivity index (χ1v) is 14.5. The molecule has 14 heteroatoms. The Morgan fingerprint density at radius 2 is 1.89 bits per heavy atom. The van der Waals surface area contributed by atoms with E-state index in [0.717, 1.165) is 23.4 Å². The van der Waals surface area contributed by atoms with Crippen molar-refractivity contribution >= 4 is 35.2 Å². The number of carbonyl (C=O) groups excluding carboxylic acids is 2. The maximum absolute atomic E-state index is 15.0. The van der Waals surface area contributed by atoms with E-state index >= 15 is 4.39 Å². The van der Waals surface area contributed by atoms with Gasteiger partial charge in [-0.15, -0.1) is 5.10 Å². The standard InChI is InChI=1S/C32H33FN8O5/c1-39(2)17-15-34-26-5-3-4-22-23(26)14-16-40(18-25(22)31(44)36-21-8-6-20(7-9-21)32(45)46)29(43)13-10-24-27(41-19-35-37-38-41)11-12-28(42)30(24)33/h3-13,19,25,34,42H,14-18H2,1-2H3,(H,36,44)(H,45,46)/b13-10+. The smallest absolute Gasteiger partial charge is 0.335 e. The molecule has 1 aliphatic heterocycles. The van der Waals surface area contributed by atoms with Gasteiger partial charge in [0.25, 0.3) is 0 Å². The Balaban J connectivity index is 1.45. The van der Waals surface area contributed by atoms with E-state index in [1.165, 1.54) is 64.5 Å². The third-order valence-electron chi connectivity index (χ3n) is 7.65. The van der Waals surface area contributed by atoms with E-state index in [2.05, 4.69) is 26.2 Å². The van der Waals surface area contributed by atoms with E-state index in [1.54, 1.807) is 0 Å². The molecule has 1 atom stereocenters. The van der Waals surface area contributed by atoms with Crippen LogP contribution in [0.15, 0.2) is 67.0 Å². The van der Waals surface area contributed by atoms with Crippen molar-refractivity contribution in [1.82, 2.24) is 30.0 Å². The number of amides is 2. The number of anilines is 2. The van der Waals surface area contributed by atoms with Gasteiger partial charge in [-0.2, -0.15) is 4.68 Å². The van der Waals surface area contributed by atoms with Crippen molar-refractivity contribution in [3.8, 4) is 11.4 Å². The van der Waals surface area contributed by atoms with Crippen LogP contribution < -0.4 is 10.6 Å². The third kappa shape index (κ3) is 7.18. The molecule has 4 N–H and O–H groups in total. The van der Waals surface area contributed by atoms with Crippen LogP contribution in [0.25, 0.3) is 11.8 Å². The Hall–Kier alpha value is -5.63. The van der Waals surface area contributed by atoms with Crippen molar-refractivity contribution in [2.75, 3.05) is 50.9 Å². The lowest BCUT2D eigenvalue weighted by atomic mass is 9.91. The monoisotopic (exact) mass is 628 g/mol. The number of phenolic OH excluding ortho intramolecular Hbond substituents is 1. The molecule has 5 rings (SSSR count). The first-order valence-electron chi connectivity index (χ1n) is 14.5. The molecule has 1 unspecified atom stereocenters. The summed E-state index contributed by atoms with van der Waals surface area (Å²) in [5.41, 5.74) is 3.14. The molecule has 0 saturated carbocycles. The average Bonchev–Trinajstić information content (AvgIpc) is 3.49. The van der Waals surface area contributed by atoms with Crippen molar-refractivity contribution in [2.24, 2.45) is 0 Å². The van der Waals surface area contributed by atoms with Gasteiger partial charge in [-0.05, 0) is 90.6 Å². The molecule has 46 heavy (non-hydrogen) atoms. The normalized spacial score (nSPS) is 14.6. The number of nitrogens with one attached hydrogen (secondary N) is 2. The minimum absolute atomic E-state index is 0.0265. The van der Waals surface area contributed by atoms with Crippen LogP contribution in [-0.2, 0) is 16.0 Å². The van der Waals surface area contributed by atoms with Crippen LogP contribution in [0.5, 0.6) is 5.75 Å². The van der Waals surface area contributed by atoms with Crippen molar-refractivity contribution < 1.29 is 29.0 Å². The van der Waals surface area contributed by atoms with Gasteiger partial charge in [0.2, 0.25) is 11.8 Å². The lowest BCUT2D eigenvalue weighted by Gasteiger charge is -2.24. The number of hydrogen-bond donors (Lipinski definition) is 4. The molecule has 1 aliphatic rings. The summed E-state index contributed by atoms with van der Waals surface area (Å²) in [4.78, 5) is 42.3. The van der Waals surface area contributed by atoms with Gasteiger partial charge >= 0.3 is 5.97 Å². The summed E-state index contributed by atoms with van der Waals surface area (Å²) in [6.45, 7) is 1.76. The summed E-state index contributed by atoms with van der Waals surface area (Å²) in [6.07, 6.45) is 4.16. The molecule has 4 aromatic rings. The summed E-state index contributed by atoms with van der Waals surface area (Å²) < 4.78 is 16.2. The fourth-order valence-corrected chi connectivity index (χ4v) is 5.26. The highest BCUT2D eigenvalue weighted by molar-refractivity contribution is 5.98. The van der Waals surface area contributed by atoms with Gasteiger partial charge in [-0.1, -0.05) is 12.1 Å². The van der Waals surface area contributed by atoms with Crippen molar-refractivity contribution in [3.05, 3.63) is 95.1 Å². The SMILES string of the molecule is CN(C)CCNc1cccc2c1CCN(C(=O)/C=C/c1c(-n3cnnn3)ccc(O)c1F)CC2C(=O)Nc1ccc(C(=O)O)cc1. The molecule has 238 valence electrons. The predicted octanol–water partition coefficient (Wildman–Crippen LogP) is 3.00. The summed E-state index contributed by atoms with van der Waals surface area (Å²) in [5, 5.41) is 36.5. The topological polar surface area (TPSA) is 166 Å². The number of aromatic carboxylic acids is 1. The van der Waals surface area contributed by atoms with Gasteiger partial charge < -0.3 is 30.6 Å². The van der Waals surface area contributed by atoms with Gasteiger partial charge in [-0.25, -0.2) is 9.18 Å². The zero-order valence-electron chi connectivity index (χ0n) is 25.2. The zero-order valence-corrected chi connectivity index (χ0v) is 25.2. The van der Waals surface area contributed by atoms with Crippen molar-refractivity contribution in [1.29, 1.82) is 0 Å². The summed E-state index contributed by atoms with van der Waals surface area (Å²) in [7, 11) is 3.95. The number of benzene rings is 3. The molecule has 0 spiro atoms. The Morgan fingerprint density at radius 1 is 1.11 bits per heavy atom. The highest BCUT2D eigenvalue weighted by Gasteiger charge is 2.31. The fourth-order valence-electron chi connectivity index (χ4n) is 5.26. The number of nitrogens with zero attached hydrogens (tertiary/aromatic N) is 6. The van der Waals surface area contributed by atoms with Crippen molar-refractivity contribution in [2.45, 2.75) is 12.3 Å². The van der Waals surface area contributed by atoms with E-state index in [9.17, 15) is 24.6 Å². The lowest BCUT2D eigenvalue weighted by Crippen LogP contribution is -2.37. The third-order valence-corrected chi connectivity index (χ3v) is 7.65. The molecule has 0 aliphatic carbocycles. The van der Waals surface area contributed by atoms with E-state index < -0.39 is 29.4 Å². The number of tetrazole rings is 1. The van der Waals surface area contributed by atoms with E-state index in [-0.39, 0.29) is 35.8 Å². The highest BCUT2D eigenvalue weighted by atomic mass is 19.1. The number of rotatable bonds is 10. The molecule has 3 aromatic carbocycles. The van der Waals surface area contributed by atoms with Crippen LogP contribution in [0.4, 0.5) is 15.8 Å². The summed E-state index contributed by atoms with van der Waals surface area (Å²) >= 11 is 0. The predicted molar refractivity (Wildman–Crippen MR) is 168 cm³/mol. The second-order valence-corrected chi connectivity index (χ2v) is 11.0. The molecule has 0 radical (unpaired) electrons. The van der Waals surface area contributed by atoms with Crippen LogP contribution in [0, 0.1) is 5.82 Å². The number of hydrogen-bond acceptors (Lipinski definition) is 9. The second-order valence-electron chi connectivity index (χ2n) is 11.0. The van der Waals surface area contributed by atoms with E-state index in [0.29, 0.717) is 18.7 Å². The van der Waals surface area contributed by atoms with Gasteiger partial charge in [0.15, 0.2) is 11.6 Å². The van der Waals surface area contributed by atoms with Crippen LogP contribution in [0.2, 0.25) is 0 Å². The number of fused-ring (bicyclic) bond motifs is 1. The zero-order chi connectivity index (χ0) is 32.8. The van der Waals surface area contributed by atoms with Crippen LogP contribution in [0.3, 0.4) is 0 Å². The Bertz CT molecular complexity index is 1760. The fraction of sp³-hybridized carbons (Fsp3) is 0.250. The molecule has 0 saturated heterocycles. The summed E-state index contributed by atoms with van der Waals surface area (Å²) in [5.74, 6) is -4.25. The molecule has 0 bridgehead atoms. The number of aromatic nitrogens is 4. The summed E-state index contributed by atoms with van der Waals surface area (Å²) in [6, 6.07) is 14.1. The quantitative estimate of drug-likeness (QED) is 0.192. The van der Waals surface area contributed by atoms with E-state index in [4.69, 9.17) is 0 Å². The number of halogens is 1. The molecular formula is C32H33FN8O5. The lowest BCUT2D eigenvalue weighted by molar-refractivity contribution is -0.127. The van der Waals surface area contributed by atoms with Crippen LogP contribution in [0.1, 0.15) is 33.0 Å². The van der Waals surface area contributed by atoms with Crippen LogP contribution in [-0.4, -0.2) is 98.3 Å². The Kier molecular flexibility index (Phi) is 9.67. The number of carboxylic acids is 1. The Labute approximate surface area is 263 Å². The van der Waals surface area contributed by atoms with Crippen molar-refractivity contribution in [3.63, 3.8) is 0 Å². The van der Waals surface area contributed by atoms with E-state index in [1.807, 2.05) is 37.2 Å². The number of carbonyl (C=O) groups is 3. The number of likely N-dealkylation sites (N-methyl/N-ethyl adjacent to an activating group) is 1. The average molecular weight is 629 g/mol. The van der Waals surface area contributed by atoms with Gasteiger partial charge in [-0.3, -0.25) is 9.59 Å². The molecular weight excluding hydrogens is 595 g/mol. The molecule has 2 heterocycles. The number of aromatic hydroxyl groups is 1. The van der Waals surface area contributed by atoms with Gasteiger partial charge in [0.1, 0.15) is 6.33 Å². The first kappa shape index (κ1) is 31.8. The molecule has 13 nitrogen and oxygen atoms in total. The minimum Gasteiger partial charge on any atom is -0.505 e. The first-order chi connectivity index (χ1) is 22.1. The number of carboxylic acid groups (broad SMARTS) is 1. The largest absolute Gasteiger partial charge is 0.505 e. The van der Waals surface area contributed by atoms with Gasteiger partial charge in [0, 0.05) is 49.2 Å². The van der Waals surface area contributed by atoms with Gasteiger partial charge in [0.05, 0.1) is 17.2 Å². The second kappa shape index (κ2) is 14.0. The van der Waals surface area contributed by atoms with Crippen LogP contribution >= 0.6 is 0 Å². The molecule has 1 aromatic heterocycles. The molecule has 0 fully saturated rings.